The first-order chi connectivity index (χ1) is 14.3. The summed E-state index contributed by atoms with van der Waals surface area (Å²) in [6, 6.07) is 4.42. The second kappa shape index (κ2) is 8.42. The molecular weight excluding hydrogens is 418 g/mol. The number of rotatable bonds is 5. The Morgan fingerprint density at radius 1 is 1.23 bits per heavy atom. The highest BCUT2D eigenvalue weighted by Crippen LogP contribution is 2.33. The molecule has 156 valence electrons. The van der Waals surface area contributed by atoms with Crippen LogP contribution in [0.3, 0.4) is 0 Å². The van der Waals surface area contributed by atoms with E-state index in [1.165, 1.54) is 18.2 Å². The number of halogens is 1. The molecule has 9 nitrogen and oxygen atoms in total. The average Bonchev–Trinajstić information content (AvgIpc) is 2.73. The maximum absolute atomic E-state index is 13.1. The number of carbonyl (C=O) groups excluding carboxylic acids is 2. The molecule has 0 unspecified atom stereocenters. The molecule has 10 heteroatoms. The number of hydrogen-bond acceptors (Lipinski definition) is 8. The molecule has 0 saturated heterocycles. The highest BCUT2D eigenvalue weighted by atomic mass is 35.5. The fraction of sp³-hybridized carbons (Fsp3) is 0.200. The Balaban J connectivity index is 2.31. The highest BCUT2D eigenvalue weighted by molar-refractivity contribution is 6.31. The normalized spacial score (nSPS) is 11.8. The summed E-state index contributed by atoms with van der Waals surface area (Å²) in [5, 5.41) is 11.0. The average molecular weight is 434 g/mol. The minimum Gasteiger partial charge on any atom is -0.506 e. The molecule has 3 aromatic rings. The number of pyridine rings is 1. The van der Waals surface area contributed by atoms with Gasteiger partial charge in [-0.25, -0.2) is 4.79 Å². The van der Waals surface area contributed by atoms with Crippen molar-refractivity contribution in [2.24, 2.45) is 0 Å². The molecule has 3 rings (SSSR count). The molecule has 2 N–H and O–H groups in total. The summed E-state index contributed by atoms with van der Waals surface area (Å²) in [6.07, 6.45) is 1.59. The largest absolute Gasteiger partial charge is 0.506 e. The van der Waals surface area contributed by atoms with Crippen molar-refractivity contribution in [3.8, 4) is 5.75 Å². The first kappa shape index (κ1) is 21.1. The number of methoxy groups -OCH3 is 2. The number of benzene rings is 1. The van der Waals surface area contributed by atoms with Crippen LogP contribution in [0, 0.1) is 0 Å². The molecule has 0 saturated carbocycles. The summed E-state index contributed by atoms with van der Waals surface area (Å²) < 4.78 is 14.7. The minimum atomic E-state index is -1.27. The van der Waals surface area contributed by atoms with E-state index in [9.17, 15) is 24.3 Å². The molecule has 30 heavy (non-hydrogen) atoms. The van der Waals surface area contributed by atoms with Gasteiger partial charge in [-0.05, 0) is 18.2 Å². The second-order valence-corrected chi connectivity index (χ2v) is 6.72. The number of aromatic amines is 1. The topological polar surface area (TPSA) is 136 Å². The molecular formula is C20H16ClNO8. The van der Waals surface area contributed by atoms with Gasteiger partial charge < -0.3 is 24.0 Å². The van der Waals surface area contributed by atoms with Crippen LogP contribution in [0.2, 0.25) is 5.02 Å². The van der Waals surface area contributed by atoms with Gasteiger partial charge in [0.1, 0.15) is 16.9 Å². The van der Waals surface area contributed by atoms with E-state index in [1.807, 2.05) is 0 Å². The van der Waals surface area contributed by atoms with Crippen LogP contribution in [0.25, 0.3) is 11.0 Å². The van der Waals surface area contributed by atoms with Crippen LogP contribution < -0.4 is 11.0 Å². The van der Waals surface area contributed by atoms with Gasteiger partial charge in [0.2, 0.25) is 0 Å². The lowest BCUT2D eigenvalue weighted by Gasteiger charge is -2.17. The number of aromatic nitrogens is 1. The van der Waals surface area contributed by atoms with E-state index >= 15 is 0 Å². The Bertz CT molecular complexity index is 1260. The third kappa shape index (κ3) is 3.79. The van der Waals surface area contributed by atoms with Gasteiger partial charge in [0, 0.05) is 22.7 Å². The van der Waals surface area contributed by atoms with E-state index in [-0.39, 0.29) is 32.7 Å². The molecule has 0 amide bonds. The molecule has 0 spiro atoms. The molecule has 0 fully saturated rings. The molecule has 0 radical (unpaired) electrons. The zero-order valence-electron chi connectivity index (χ0n) is 15.9. The van der Waals surface area contributed by atoms with Crippen molar-refractivity contribution in [2.75, 3.05) is 14.2 Å². The van der Waals surface area contributed by atoms with E-state index < -0.39 is 41.0 Å². The first-order valence-electron chi connectivity index (χ1n) is 8.59. The fourth-order valence-electron chi connectivity index (χ4n) is 3.10. The van der Waals surface area contributed by atoms with Gasteiger partial charge in [0.05, 0.1) is 37.9 Å². The molecule has 1 atom stereocenters. The van der Waals surface area contributed by atoms with Gasteiger partial charge in [0.15, 0.2) is 5.43 Å². The lowest BCUT2D eigenvalue weighted by atomic mass is 9.88. The zero-order valence-corrected chi connectivity index (χ0v) is 16.6. The van der Waals surface area contributed by atoms with Gasteiger partial charge in [-0.3, -0.25) is 14.4 Å². The van der Waals surface area contributed by atoms with Crippen LogP contribution in [-0.4, -0.2) is 36.2 Å². The summed E-state index contributed by atoms with van der Waals surface area (Å²) in [6.45, 7) is 0. The van der Waals surface area contributed by atoms with Crippen molar-refractivity contribution in [3.05, 3.63) is 72.9 Å². The maximum atomic E-state index is 13.1. The Hall–Kier alpha value is -3.59. The van der Waals surface area contributed by atoms with E-state index in [4.69, 9.17) is 16.0 Å². The number of esters is 2. The molecule has 0 aliphatic heterocycles. The third-order valence-electron chi connectivity index (χ3n) is 4.59. The number of ether oxygens (including phenoxy) is 2. The van der Waals surface area contributed by atoms with Crippen LogP contribution in [0.4, 0.5) is 0 Å². The number of H-pyrrole nitrogens is 1. The summed E-state index contributed by atoms with van der Waals surface area (Å²) in [5.41, 5.74) is -1.94. The summed E-state index contributed by atoms with van der Waals surface area (Å²) in [4.78, 5) is 51.9. The number of carbonyl (C=O) groups is 2. The van der Waals surface area contributed by atoms with Crippen molar-refractivity contribution in [1.82, 2.24) is 4.98 Å². The highest BCUT2D eigenvalue weighted by Gasteiger charge is 2.30. The number of hydrogen-bond donors (Lipinski definition) is 2. The monoisotopic (exact) mass is 433 g/mol. The van der Waals surface area contributed by atoms with E-state index in [0.717, 1.165) is 26.7 Å². The van der Waals surface area contributed by atoms with Gasteiger partial charge in [0.25, 0.3) is 5.56 Å². The number of fused-ring (bicyclic) bond motifs is 1. The van der Waals surface area contributed by atoms with Crippen molar-refractivity contribution < 1.29 is 28.6 Å². The number of aromatic hydroxyl groups is 1. The Morgan fingerprint density at radius 2 is 1.97 bits per heavy atom. The van der Waals surface area contributed by atoms with Crippen LogP contribution in [0.1, 0.15) is 33.8 Å². The zero-order chi connectivity index (χ0) is 22.0. The van der Waals surface area contributed by atoms with Crippen LogP contribution in [-0.2, 0) is 14.3 Å². The van der Waals surface area contributed by atoms with Crippen molar-refractivity contribution in [1.29, 1.82) is 0 Å². The first-order valence-corrected chi connectivity index (χ1v) is 8.96. The van der Waals surface area contributed by atoms with Crippen molar-refractivity contribution >= 4 is 34.5 Å². The lowest BCUT2D eigenvalue weighted by Crippen LogP contribution is -2.25. The molecule has 2 heterocycles. The van der Waals surface area contributed by atoms with E-state index in [1.54, 1.807) is 0 Å². The minimum absolute atomic E-state index is 0.0991. The maximum Gasteiger partial charge on any atom is 0.343 e. The molecule has 0 aliphatic carbocycles. The van der Waals surface area contributed by atoms with Gasteiger partial charge in [-0.1, -0.05) is 11.6 Å². The lowest BCUT2D eigenvalue weighted by molar-refractivity contribution is -0.140. The fourth-order valence-corrected chi connectivity index (χ4v) is 3.27. The Kier molecular flexibility index (Phi) is 5.93. The number of nitrogens with one attached hydrogen (secondary N) is 1. The van der Waals surface area contributed by atoms with Gasteiger partial charge in [-0.2, -0.15) is 0 Å². The van der Waals surface area contributed by atoms with Crippen molar-refractivity contribution in [2.45, 2.75) is 12.3 Å². The molecule has 1 aromatic carbocycles. The van der Waals surface area contributed by atoms with Gasteiger partial charge >= 0.3 is 11.9 Å². The predicted molar refractivity (Wildman–Crippen MR) is 106 cm³/mol. The predicted octanol–water partition coefficient (Wildman–Crippen LogP) is 2.32. The molecule has 0 aliphatic rings. The van der Waals surface area contributed by atoms with E-state index in [0.29, 0.717) is 0 Å². The molecule has 0 bridgehead atoms. The second-order valence-electron chi connectivity index (χ2n) is 6.28. The van der Waals surface area contributed by atoms with Crippen LogP contribution >= 0.6 is 11.6 Å². The standard InChI is InChI=1S/C20H16ClNO8/c1-28-15(23)6-10(16-18(25)12(20(27)29-2)7-22-19(16)26)13-8-30-14-4-3-9(21)5-11(14)17(13)24/h3-5,7-8,10H,6H2,1-2H3,(H2,22,25,26)/t10-/m1/s1. The Labute approximate surface area is 173 Å². The summed E-state index contributed by atoms with van der Waals surface area (Å²) >= 11 is 5.97. The van der Waals surface area contributed by atoms with Crippen molar-refractivity contribution in [3.63, 3.8) is 0 Å². The SMILES string of the molecule is COC(=O)C[C@@H](c1c(O)c(C(=O)OC)c[nH]c1=O)c1coc2ccc(Cl)cc2c1=O. The van der Waals surface area contributed by atoms with Crippen LogP contribution in [0.5, 0.6) is 5.75 Å². The summed E-state index contributed by atoms with van der Waals surface area (Å²) in [7, 11) is 2.23. The van der Waals surface area contributed by atoms with E-state index in [2.05, 4.69) is 14.5 Å². The quantitative estimate of drug-likeness (QED) is 0.585. The van der Waals surface area contributed by atoms with Crippen LogP contribution in [0.15, 0.2) is 44.7 Å². The summed E-state index contributed by atoms with van der Waals surface area (Å²) in [5.74, 6) is -3.66. The smallest absolute Gasteiger partial charge is 0.343 e. The van der Waals surface area contributed by atoms with Gasteiger partial charge in [-0.15, -0.1) is 0 Å². The Morgan fingerprint density at radius 3 is 2.63 bits per heavy atom. The molecule has 2 aromatic heterocycles. The third-order valence-corrected chi connectivity index (χ3v) is 4.83.